The van der Waals surface area contributed by atoms with Gasteiger partial charge in [-0.25, -0.2) is 5.43 Å². The van der Waals surface area contributed by atoms with Gasteiger partial charge in [0.05, 0.1) is 13.3 Å². The Morgan fingerprint density at radius 2 is 1.66 bits per heavy atom. The second-order valence-corrected chi connectivity index (χ2v) is 7.31. The van der Waals surface area contributed by atoms with E-state index in [0.717, 1.165) is 12.0 Å². The van der Waals surface area contributed by atoms with E-state index in [9.17, 15) is 14.4 Å². The van der Waals surface area contributed by atoms with Gasteiger partial charge < -0.3 is 20.1 Å². The number of hydrazone groups is 1. The number of rotatable bonds is 9. The Balaban J connectivity index is 1.49. The molecule has 180 valence electrons. The fourth-order valence-corrected chi connectivity index (χ4v) is 3.08. The van der Waals surface area contributed by atoms with Crippen LogP contribution in [0.3, 0.4) is 0 Å². The first-order chi connectivity index (χ1) is 17.0. The molecule has 0 aromatic heterocycles. The summed E-state index contributed by atoms with van der Waals surface area (Å²) in [5, 5.41) is 9.13. The van der Waals surface area contributed by atoms with Crippen molar-refractivity contribution in [2.75, 3.05) is 24.4 Å². The Hall–Kier alpha value is -4.66. The summed E-state index contributed by atoms with van der Waals surface area (Å²) in [5.41, 5.74) is 4.90. The summed E-state index contributed by atoms with van der Waals surface area (Å²) in [7, 11) is 1.55. The number of carbonyl (C=O) groups is 3. The number of hydrogen-bond acceptors (Lipinski definition) is 6. The molecule has 0 atom stereocenters. The lowest BCUT2D eigenvalue weighted by molar-refractivity contribution is -0.136. The molecule has 3 amide bonds. The van der Waals surface area contributed by atoms with E-state index in [1.54, 1.807) is 67.8 Å². The van der Waals surface area contributed by atoms with E-state index in [-0.39, 0.29) is 12.5 Å². The number of ether oxygens (including phenoxy) is 2. The van der Waals surface area contributed by atoms with Crippen LogP contribution in [0, 0.1) is 0 Å². The maximum Gasteiger partial charge on any atom is 0.329 e. The second kappa shape index (κ2) is 12.5. The Labute approximate surface area is 203 Å². The maximum atomic E-state index is 12.2. The van der Waals surface area contributed by atoms with Crippen LogP contribution >= 0.6 is 0 Å². The molecule has 0 saturated heterocycles. The van der Waals surface area contributed by atoms with Crippen LogP contribution in [0.1, 0.15) is 18.1 Å². The van der Waals surface area contributed by atoms with Crippen LogP contribution in [0.25, 0.3) is 0 Å². The number of carbonyl (C=O) groups excluding carboxylic acids is 3. The molecule has 0 aliphatic heterocycles. The zero-order chi connectivity index (χ0) is 25.0. The van der Waals surface area contributed by atoms with E-state index >= 15 is 0 Å². The third-order valence-electron chi connectivity index (χ3n) is 4.81. The van der Waals surface area contributed by atoms with Crippen molar-refractivity contribution in [3.8, 4) is 11.5 Å². The van der Waals surface area contributed by atoms with Gasteiger partial charge in [0.2, 0.25) is 0 Å². The minimum absolute atomic E-state index is 0.200. The van der Waals surface area contributed by atoms with E-state index in [4.69, 9.17) is 9.47 Å². The van der Waals surface area contributed by atoms with Gasteiger partial charge >= 0.3 is 11.8 Å². The minimum Gasteiger partial charge on any atom is -0.497 e. The van der Waals surface area contributed by atoms with Gasteiger partial charge in [0, 0.05) is 17.4 Å². The summed E-state index contributed by atoms with van der Waals surface area (Å²) in [4.78, 5) is 36.4. The summed E-state index contributed by atoms with van der Waals surface area (Å²) in [6.45, 7) is 1.76. The third kappa shape index (κ3) is 7.71. The predicted octanol–water partition coefficient (Wildman–Crippen LogP) is 3.36. The molecule has 3 N–H and O–H groups in total. The van der Waals surface area contributed by atoms with E-state index in [1.807, 2.05) is 19.1 Å². The van der Waals surface area contributed by atoms with Gasteiger partial charge in [-0.3, -0.25) is 14.4 Å². The molecule has 0 bridgehead atoms. The average Bonchev–Trinajstić information content (AvgIpc) is 2.88. The topological polar surface area (TPSA) is 118 Å². The SMILES string of the molecule is CCc1ccccc1NC(=O)C(=O)N/N=C\c1cccc(OCC(=O)Nc2cccc(OC)c2)c1. The average molecular weight is 475 g/mol. The van der Waals surface area contributed by atoms with Crippen molar-refractivity contribution in [1.29, 1.82) is 0 Å². The zero-order valence-corrected chi connectivity index (χ0v) is 19.4. The minimum atomic E-state index is -0.895. The van der Waals surface area contributed by atoms with E-state index in [2.05, 4.69) is 21.2 Å². The smallest absolute Gasteiger partial charge is 0.329 e. The molecule has 0 spiro atoms. The van der Waals surface area contributed by atoms with Crippen LogP contribution < -0.4 is 25.5 Å². The molecular weight excluding hydrogens is 448 g/mol. The summed E-state index contributed by atoms with van der Waals surface area (Å²) in [5.74, 6) is -0.975. The lowest BCUT2D eigenvalue weighted by atomic mass is 10.1. The van der Waals surface area contributed by atoms with Crippen LogP contribution in [0.5, 0.6) is 11.5 Å². The van der Waals surface area contributed by atoms with Crippen LogP contribution in [-0.4, -0.2) is 37.7 Å². The summed E-state index contributed by atoms with van der Waals surface area (Å²) in [6.07, 6.45) is 2.09. The lowest BCUT2D eigenvalue weighted by Gasteiger charge is -2.09. The standard InChI is InChI=1S/C26H26N4O5/c1-3-19-9-4-5-13-23(19)29-25(32)26(33)30-27-16-18-8-6-12-22(14-18)35-17-24(31)28-20-10-7-11-21(15-20)34-2/h4-16H,3,17H2,1-2H3,(H,28,31)(H,29,32)(H,30,33)/b27-16-. The quantitative estimate of drug-likeness (QED) is 0.250. The van der Waals surface area contributed by atoms with E-state index in [0.29, 0.717) is 28.4 Å². The van der Waals surface area contributed by atoms with Crippen LogP contribution in [-0.2, 0) is 20.8 Å². The van der Waals surface area contributed by atoms with E-state index in [1.165, 1.54) is 6.21 Å². The van der Waals surface area contributed by atoms with Gasteiger partial charge in [-0.15, -0.1) is 0 Å². The first-order valence-electron chi connectivity index (χ1n) is 10.9. The van der Waals surface area contributed by atoms with Crippen molar-refractivity contribution in [1.82, 2.24) is 5.43 Å². The predicted molar refractivity (Wildman–Crippen MR) is 134 cm³/mol. The van der Waals surface area contributed by atoms with Crippen molar-refractivity contribution >= 4 is 35.3 Å². The Morgan fingerprint density at radius 3 is 2.46 bits per heavy atom. The van der Waals surface area contributed by atoms with Crippen molar-refractivity contribution in [2.24, 2.45) is 5.10 Å². The molecule has 0 aliphatic rings. The molecule has 0 unspecified atom stereocenters. The van der Waals surface area contributed by atoms with Crippen LogP contribution in [0.2, 0.25) is 0 Å². The molecule has 0 aliphatic carbocycles. The first kappa shape index (κ1) is 25.0. The number of hydrogen-bond donors (Lipinski definition) is 3. The number of anilines is 2. The summed E-state index contributed by atoms with van der Waals surface area (Å²) < 4.78 is 10.7. The molecule has 3 rings (SSSR count). The van der Waals surface area contributed by atoms with Crippen molar-refractivity contribution < 1.29 is 23.9 Å². The summed E-state index contributed by atoms with van der Waals surface area (Å²) >= 11 is 0. The molecule has 0 radical (unpaired) electrons. The molecular formula is C26H26N4O5. The third-order valence-corrected chi connectivity index (χ3v) is 4.81. The molecule has 3 aromatic rings. The van der Waals surface area contributed by atoms with Crippen LogP contribution in [0.4, 0.5) is 11.4 Å². The number of aryl methyl sites for hydroxylation is 1. The second-order valence-electron chi connectivity index (χ2n) is 7.31. The molecule has 9 heteroatoms. The Morgan fingerprint density at radius 1 is 0.886 bits per heavy atom. The summed E-state index contributed by atoms with van der Waals surface area (Å²) in [6, 6.07) is 21.0. The van der Waals surface area contributed by atoms with Gasteiger partial charge in [0.15, 0.2) is 6.61 Å². The van der Waals surface area contributed by atoms with E-state index < -0.39 is 11.8 Å². The van der Waals surface area contributed by atoms with Gasteiger partial charge in [-0.05, 0) is 47.9 Å². The fourth-order valence-electron chi connectivity index (χ4n) is 3.08. The lowest BCUT2D eigenvalue weighted by Crippen LogP contribution is -2.32. The largest absolute Gasteiger partial charge is 0.497 e. The normalized spacial score (nSPS) is 10.5. The molecule has 3 aromatic carbocycles. The van der Waals surface area contributed by atoms with Gasteiger partial charge in [0.1, 0.15) is 11.5 Å². The first-order valence-corrected chi connectivity index (χ1v) is 10.9. The number of para-hydroxylation sites is 1. The van der Waals surface area contributed by atoms with Gasteiger partial charge in [-0.1, -0.05) is 43.3 Å². The van der Waals surface area contributed by atoms with Crippen LogP contribution in [0.15, 0.2) is 77.9 Å². The maximum absolute atomic E-state index is 12.2. The highest BCUT2D eigenvalue weighted by atomic mass is 16.5. The highest BCUT2D eigenvalue weighted by Gasteiger charge is 2.14. The van der Waals surface area contributed by atoms with Gasteiger partial charge in [0.25, 0.3) is 5.91 Å². The Kier molecular flexibility index (Phi) is 8.95. The monoisotopic (exact) mass is 474 g/mol. The fraction of sp³-hybridized carbons (Fsp3) is 0.154. The van der Waals surface area contributed by atoms with Crippen molar-refractivity contribution in [3.05, 3.63) is 83.9 Å². The highest BCUT2D eigenvalue weighted by Crippen LogP contribution is 2.17. The molecule has 35 heavy (non-hydrogen) atoms. The molecule has 0 saturated carbocycles. The van der Waals surface area contributed by atoms with Crippen molar-refractivity contribution in [3.63, 3.8) is 0 Å². The van der Waals surface area contributed by atoms with Crippen molar-refractivity contribution in [2.45, 2.75) is 13.3 Å². The number of methoxy groups -OCH3 is 1. The Bertz CT molecular complexity index is 1230. The molecule has 0 fully saturated rings. The molecule has 9 nitrogen and oxygen atoms in total. The number of benzene rings is 3. The number of amides is 3. The molecule has 0 heterocycles. The van der Waals surface area contributed by atoms with Gasteiger partial charge in [-0.2, -0.15) is 5.10 Å². The number of nitrogens with one attached hydrogen (secondary N) is 3. The number of nitrogens with zero attached hydrogens (tertiary/aromatic N) is 1. The zero-order valence-electron chi connectivity index (χ0n) is 19.4. The highest BCUT2D eigenvalue weighted by molar-refractivity contribution is 6.39.